The molecule has 0 radical (unpaired) electrons. The highest BCUT2D eigenvalue weighted by molar-refractivity contribution is 7.11. The first-order chi connectivity index (χ1) is 9.76. The maximum Gasteiger partial charge on any atom is 0.107 e. The van der Waals surface area contributed by atoms with E-state index >= 15 is 0 Å². The van der Waals surface area contributed by atoms with Crippen LogP contribution < -0.4 is 0 Å². The fraction of sp³-hybridized carbons (Fsp3) is 0.800. The quantitative estimate of drug-likeness (QED) is 0.894. The average Bonchev–Trinajstić information content (AvgIpc) is 3.00. The minimum absolute atomic E-state index is 0.247. The summed E-state index contributed by atoms with van der Waals surface area (Å²) >= 11 is 1.90. The fourth-order valence-corrected chi connectivity index (χ4v) is 4.55. The number of rotatable bonds is 5. The second-order valence-electron chi connectivity index (χ2n) is 6.06. The summed E-state index contributed by atoms with van der Waals surface area (Å²) in [4.78, 5) is 11.2. The molecule has 112 valence electrons. The number of piperidine rings is 1. The molecule has 1 N–H and O–H groups in total. The fourth-order valence-electron chi connectivity index (χ4n) is 3.36. The molecule has 0 unspecified atom stereocenters. The molecule has 0 saturated carbocycles. The van der Waals surface area contributed by atoms with E-state index in [2.05, 4.69) is 16.8 Å². The lowest BCUT2D eigenvalue weighted by Gasteiger charge is -2.36. The van der Waals surface area contributed by atoms with E-state index in [9.17, 15) is 5.11 Å². The topological polar surface area (TPSA) is 39.6 Å². The molecule has 2 heterocycles. The van der Waals surface area contributed by atoms with E-state index in [4.69, 9.17) is 4.98 Å². The van der Waals surface area contributed by atoms with Crippen LogP contribution in [0.25, 0.3) is 0 Å². The van der Waals surface area contributed by atoms with Crippen LogP contribution >= 0.6 is 11.3 Å². The normalized spacial score (nSPS) is 20.8. The number of nitrogens with zero attached hydrogens (tertiary/aromatic N) is 3. The van der Waals surface area contributed by atoms with Crippen molar-refractivity contribution < 1.29 is 5.11 Å². The number of aliphatic hydroxyl groups is 1. The van der Waals surface area contributed by atoms with Crippen molar-refractivity contribution in [2.45, 2.75) is 44.7 Å². The van der Waals surface area contributed by atoms with Gasteiger partial charge in [-0.3, -0.25) is 4.90 Å². The Morgan fingerprint density at radius 1 is 1.35 bits per heavy atom. The van der Waals surface area contributed by atoms with Crippen molar-refractivity contribution in [3.8, 4) is 0 Å². The van der Waals surface area contributed by atoms with Crippen molar-refractivity contribution in [1.29, 1.82) is 0 Å². The van der Waals surface area contributed by atoms with Crippen LogP contribution in [-0.2, 0) is 19.4 Å². The Bertz CT molecular complexity index is 419. The molecule has 3 rings (SSSR count). The van der Waals surface area contributed by atoms with Gasteiger partial charge in [0.05, 0.1) is 18.8 Å². The molecular weight excluding hydrogens is 270 g/mol. The first-order valence-electron chi connectivity index (χ1n) is 7.77. The Morgan fingerprint density at radius 3 is 2.85 bits per heavy atom. The standard InChI is InChI=1S/C15H25N3OS/c1-17-7-5-12(6-8-17)18(9-10-19)11-15-16-13-3-2-4-14(13)20-15/h12,19H,2-11H2,1H3. The summed E-state index contributed by atoms with van der Waals surface area (Å²) in [5, 5.41) is 10.6. The summed E-state index contributed by atoms with van der Waals surface area (Å²) in [6.45, 7) is 4.28. The minimum Gasteiger partial charge on any atom is -0.395 e. The third-order valence-corrected chi connectivity index (χ3v) is 5.71. The van der Waals surface area contributed by atoms with Gasteiger partial charge in [-0.05, 0) is 52.2 Å². The van der Waals surface area contributed by atoms with Gasteiger partial charge in [0.25, 0.3) is 0 Å². The summed E-state index contributed by atoms with van der Waals surface area (Å²) in [6, 6.07) is 0.608. The molecule has 1 fully saturated rings. The van der Waals surface area contributed by atoms with Crippen molar-refractivity contribution >= 4 is 11.3 Å². The maximum atomic E-state index is 9.35. The van der Waals surface area contributed by atoms with E-state index in [0.717, 1.165) is 13.1 Å². The van der Waals surface area contributed by atoms with E-state index < -0.39 is 0 Å². The van der Waals surface area contributed by atoms with E-state index in [1.165, 1.54) is 60.8 Å². The number of likely N-dealkylation sites (tertiary alicyclic amines) is 1. The predicted octanol–water partition coefficient (Wildman–Crippen LogP) is 1.52. The molecule has 1 saturated heterocycles. The van der Waals surface area contributed by atoms with Gasteiger partial charge in [-0.15, -0.1) is 11.3 Å². The number of hydrogen-bond donors (Lipinski definition) is 1. The van der Waals surface area contributed by atoms with Gasteiger partial charge in [-0.25, -0.2) is 4.98 Å². The van der Waals surface area contributed by atoms with Crippen molar-refractivity contribution in [1.82, 2.24) is 14.8 Å². The van der Waals surface area contributed by atoms with E-state index in [1.54, 1.807) is 0 Å². The summed E-state index contributed by atoms with van der Waals surface area (Å²) in [7, 11) is 2.19. The molecule has 0 spiro atoms. The van der Waals surface area contributed by atoms with Crippen molar-refractivity contribution in [2.75, 3.05) is 33.3 Å². The van der Waals surface area contributed by atoms with Crippen LogP contribution in [0, 0.1) is 0 Å². The lowest BCUT2D eigenvalue weighted by molar-refractivity contribution is 0.0940. The number of aromatic nitrogens is 1. The minimum atomic E-state index is 0.247. The van der Waals surface area contributed by atoms with Crippen LogP contribution in [0.3, 0.4) is 0 Å². The second kappa shape index (κ2) is 6.52. The molecule has 0 aromatic carbocycles. The summed E-state index contributed by atoms with van der Waals surface area (Å²) in [5.74, 6) is 0. The Kier molecular flexibility index (Phi) is 4.71. The van der Waals surface area contributed by atoms with Gasteiger partial charge in [0.1, 0.15) is 5.01 Å². The SMILES string of the molecule is CN1CCC(N(CCO)Cc2nc3c(s2)CCC3)CC1. The molecule has 2 aliphatic rings. The molecule has 20 heavy (non-hydrogen) atoms. The van der Waals surface area contributed by atoms with Crippen molar-refractivity contribution in [3.05, 3.63) is 15.6 Å². The first kappa shape index (κ1) is 14.4. The zero-order valence-electron chi connectivity index (χ0n) is 12.3. The van der Waals surface area contributed by atoms with E-state index in [0.29, 0.717) is 6.04 Å². The van der Waals surface area contributed by atoms with Gasteiger partial charge in [0.15, 0.2) is 0 Å². The Morgan fingerprint density at radius 2 is 2.15 bits per heavy atom. The second-order valence-corrected chi connectivity index (χ2v) is 7.23. The highest BCUT2D eigenvalue weighted by atomic mass is 32.1. The highest BCUT2D eigenvalue weighted by Crippen LogP contribution is 2.29. The molecule has 1 aromatic rings. The van der Waals surface area contributed by atoms with Gasteiger partial charge in [0.2, 0.25) is 0 Å². The predicted molar refractivity (Wildman–Crippen MR) is 82.2 cm³/mol. The van der Waals surface area contributed by atoms with Gasteiger partial charge >= 0.3 is 0 Å². The summed E-state index contributed by atoms with van der Waals surface area (Å²) in [5.41, 5.74) is 1.34. The molecule has 4 nitrogen and oxygen atoms in total. The maximum absolute atomic E-state index is 9.35. The highest BCUT2D eigenvalue weighted by Gasteiger charge is 2.25. The van der Waals surface area contributed by atoms with Gasteiger partial charge in [-0.1, -0.05) is 0 Å². The van der Waals surface area contributed by atoms with Crippen LogP contribution in [0.4, 0.5) is 0 Å². The molecule has 1 aromatic heterocycles. The number of hydrogen-bond acceptors (Lipinski definition) is 5. The summed E-state index contributed by atoms with van der Waals surface area (Å²) < 4.78 is 0. The number of aliphatic hydroxyl groups excluding tert-OH is 1. The monoisotopic (exact) mass is 295 g/mol. The molecule has 0 amide bonds. The lowest BCUT2D eigenvalue weighted by Crippen LogP contribution is -2.44. The number of fused-ring (bicyclic) bond motifs is 1. The Hall–Kier alpha value is -0.490. The average molecular weight is 295 g/mol. The third kappa shape index (κ3) is 3.22. The lowest BCUT2D eigenvalue weighted by atomic mass is 10.0. The van der Waals surface area contributed by atoms with Gasteiger partial charge in [0, 0.05) is 17.5 Å². The number of aryl methyl sites for hydroxylation is 2. The van der Waals surface area contributed by atoms with Crippen LogP contribution in [-0.4, -0.2) is 59.2 Å². The van der Waals surface area contributed by atoms with Crippen molar-refractivity contribution in [2.24, 2.45) is 0 Å². The molecule has 1 aliphatic heterocycles. The molecule has 0 atom stereocenters. The zero-order chi connectivity index (χ0) is 13.9. The Balaban J connectivity index is 1.64. The largest absolute Gasteiger partial charge is 0.395 e. The first-order valence-corrected chi connectivity index (χ1v) is 8.59. The van der Waals surface area contributed by atoms with Gasteiger partial charge < -0.3 is 10.0 Å². The van der Waals surface area contributed by atoms with Crippen LogP contribution in [0.1, 0.15) is 34.8 Å². The Labute approximate surface area is 125 Å². The number of thiazole rings is 1. The molecule has 5 heteroatoms. The van der Waals surface area contributed by atoms with Crippen LogP contribution in [0.15, 0.2) is 0 Å². The molecular formula is C15H25N3OS. The van der Waals surface area contributed by atoms with E-state index in [-0.39, 0.29) is 6.61 Å². The summed E-state index contributed by atoms with van der Waals surface area (Å²) in [6.07, 6.45) is 6.09. The zero-order valence-corrected chi connectivity index (χ0v) is 13.2. The van der Waals surface area contributed by atoms with Crippen LogP contribution in [0.5, 0.6) is 0 Å². The molecule has 1 aliphatic carbocycles. The van der Waals surface area contributed by atoms with Crippen LogP contribution in [0.2, 0.25) is 0 Å². The smallest absolute Gasteiger partial charge is 0.107 e. The van der Waals surface area contributed by atoms with E-state index in [1.807, 2.05) is 11.3 Å². The van der Waals surface area contributed by atoms with Crippen molar-refractivity contribution in [3.63, 3.8) is 0 Å². The third-order valence-electron chi connectivity index (χ3n) is 4.57. The molecule has 0 bridgehead atoms. The van der Waals surface area contributed by atoms with Gasteiger partial charge in [-0.2, -0.15) is 0 Å².